The van der Waals surface area contributed by atoms with Crippen molar-refractivity contribution in [1.29, 1.82) is 0 Å². The van der Waals surface area contributed by atoms with E-state index in [2.05, 4.69) is 21.2 Å². The molecular weight excluding hydrogens is 330 g/mol. The number of carbonyl (C=O) groups excluding carboxylic acids is 1. The lowest BCUT2D eigenvalue weighted by molar-refractivity contribution is 0.0926. The van der Waals surface area contributed by atoms with Gasteiger partial charge in [-0.25, -0.2) is 8.78 Å². The minimum atomic E-state index is -0.875. The lowest BCUT2D eigenvalue weighted by Crippen LogP contribution is -2.43. The van der Waals surface area contributed by atoms with Crippen molar-refractivity contribution in [3.05, 3.63) is 33.8 Å². The molecule has 1 atom stereocenters. The van der Waals surface area contributed by atoms with Gasteiger partial charge in [0.1, 0.15) is 17.2 Å². The van der Waals surface area contributed by atoms with E-state index in [1.165, 1.54) is 0 Å². The molecule has 0 aliphatic carbocycles. The van der Waals surface area contributed by atoms with Crippen molar-refractivity contribution in [3.63, 3.8) is 0 Å². The monoisotopic (exact) mass is 348 g/mol. The van der Waals surface area contributed by atoms with E-state index < -0.39 is 23.1 Å². The molecule has 0 bridgehead atoms. The van der Waals surface area contributed by atoms with Crippen LogP contribution in [0.3, 0.4) is 0 Å². The van der Waals surface area contributed by atoms with Crippen LogP contribution in [0.2, 0.25) is 0 Å². The summed E-state index contributed by atoms with van der Waals surface area (Å²) in [6.07, 6.45) is 0. The molecule has 0 aliphatic heterocycles. The Bertz CT molecular complexity index is 461. The first-order chi connectivity index (χ1) is 9.23. The maximum atomic E-state index is 13.7. The highest BCUT2D eigenvalue weighted by atomic mass is 79.9. The maximum absolute atomic E-state index is 13.7. The van der Waals surface area contributed by atoms with Crippen LogP contribution in [-0.2, 0) is 0 Å². The van der Waals surface area contributed by atoms with Crippen LogP contribution < -0.4 is 5.32 Å². The second kappa shape index (κ2) is 7.13. The van der Waals surface area contributed by atoms with Gasteiger partial charge >= 0.3 is 0 Å². The topological polar surface area (TPSA) is 32.3 Å². The summed E-state index contributed by atoms with van der Waals surface area (Å²) >= 11 is 2.98. The van der Waals surface area contributed by atoms with Gasteiger partial charge in [0.05, 0.1) is 0 Å². The van der Waals surface area contributed by atoms with Crippen LogP contribution in [0.15, 0.2) is 16.6 Å². The van der Waals surface area contributed by atoms with Gasteiger partial charge < -0.3 is 10.2 Å². The predicted octanol–water partition coefficient (Wildman–Crippen LogP) is 3.04. The highest BCUT2D eigenvalue weighted by molar-refractivity contribution is 9.10. The first kappa shape index (κ1) is 17.0. The van der Waals surface area contributed by atoms with Gasteiger partial charge in [-0.3, -0.25) is 4.79 Å². The smallest absolute Gasteiger partial charge is 0.257 e. The van der Waals surface area contributed by atoms with E-state index in [4.69, 9.17) is 0 Å². The normalized spacial score (nSPS) is 12.8. The molecule has 0 aliphatic rings. The van der Waals surface area contributed by atoms with E-state index in [0.717, 1.165) is 12.1 Å². The van der Waals surface area contributed by atoms with Gasteiger partial charge in [-0.1, -0.05) is 29.8 Å². The number of benzene rings is 1. The maximum Gasteiger partial charge on any atom is 0.257 e. The van der Waals surface area contributed by atoms with Crippen molar-refractivity contribution < 1.29 is 13.6 Å². The van der Waals surface area contributed by atoms with Crippen molar-refractivity contribution in [2.45, 2.75) is 19.9 Å². The van der Waals surface area contributed by atoms with Crippen molar-refractivity contribution >= 4 is 21.8 Å². The summed E-state index contributed by atoms with van der Waals surface area (Å²) in [5.41, 5.74) is -0.547. The van der Waals surface area contributed by atoms with Crippen LogP contribution in [0.4, 0.5) is 8.78 Å². The highest BCUT2D eigenvalue weighted by Crippen LogP contribution is 2.19. The number of nitrogens with zero attached hydrogens (tertiary/aromatic N) is 1. The molecule has 112 valence electrons. The Kier molecular flexibility index (Phi) is 6.07. The van der Waals surface area contributed by atoms with Crippen LogP contribution >= 0.6 is 15.9 Å². The van der Waals surface area contributed by atoms with Gasteiger partial charge in [-0.2, -0.15) is 0 Å². The summed E-state index contributed by atoms with van der Waals surface area (Å²) in [5.74, 6) is -2.18. The Morgan fingerprint density at radius 2 is 1.80 bits per heavy atom. The van der Waals surface area contributed by atoms with Crippen molar-refractivity contribution in [2.75, 3.05) is 20.6 Å². The minimum absolute atomic E-state index is 0.0977. The summed E-state index contributed by atoms with van der Waals surface area (Å²) in [4.78, 5) is 13.9. The average molecular weight is 349 g/mol. The quantitative estimate of drug-likeness (QED) is 0.886. The molecule has 6 heteroatoms. The average Bonchev–Trinajstić information content (AvgIpc) is 2.26. The van der Waals surface area contributed by atoms with E-state index in [-0.39, 0.29) is 10.5 Å². The van der Waals surface area contributed by atoms with Crippen molar-refractivity contribution in [2.24, 2.45) is 5.92 Å². The van der Waals surface area contributed by atoms with Crippen molar-refractivity contribution in [1.82, 2.24) is 10.2 Å². The van der Waals surface area contributed by atoms with Gasteiger partial charge in [-0.15, -0.1) is 0 Å². The molecule has 0 fully saturated rings. The second-order valence-corrected chi connectivity index (χ2v) is 6.15. The molecule has 0 spiro atoms. The molecule has 3 nitrogen and oxygen atoms in total. The fraction of sp³-hybridized carbons (Fsp3) is 0.500. The fourth-order valence-electron chi connectivity index (χ4n) is 2.06. The van der Waals surface area contributed by atoms with Crippen LogP contribution in [0.5, 0.6) is 0 Å². The zero-order chi connectivity index (χ0) is 15.4. The zero-order valence-electron chi connectivity index (χ0n) is 12.0. The molecule has 1 unspecified atom stereocenters. The third-order valence-electron chi connectivity index (χ3n) is 3.14. The summed E-state index contributed by atoms with van der Waals surface area (Å²) in [7, 11) is 3.80. The Morgan fingerprint density at radius 1 is 1.30 bits per heavy atom. The van der Waals surface area contributed by atoms with E-state index in [1.54, 1.807) is 0 Å². The van der Waals surface area contributed by atoms with Gasteiger partial charge in [0.2, 0.25) is 0 Å². The summed E-state index contributed by atoms with van der Waals surface area (Å²) < 4.78 is 27.6. The third kappa shape index (κ3) is 4.24. The first-order valence-electron chi connectivity index (χ1n) is 6.33. The largest absolute Gasteiger partial charge is 0.350 e. The number of carbonyl (C=O) groups is 1. The summed E-state index contributed by atoms with van der Waals surface area (Å²) in [6.45, 7) is 4.38. The van der Waals surface area contributed by atoms with Crippen LogP contribution in [0.25, 0.3) is 0 Å². The van der Waals surface area contributed by atoms with Crippen LogP contribution in [0.1, 0.15) is 24.2 Å². The molecule has 1 rings (SSSR count). The van der Waals surface area contributed by atoms with Crippen molar-refractivity contribution in [3.8, 4) is 0 Å². The number of likely N-dealkylation sites (N-methyl/N-ethyl adjacent to an activating group) is 1. The molecule has 1 amide bonds. The van der Waals surface area contributed by atoms with E-state index in [0.29, 0.717) is 12.5 Å². The summed E-state index contributed by atoms with van der Waals surface area (Å²) in [5, 5.41) is 2.59. The number of rotatable bonds is 5. The zero-order valence-corrected chi connectivity index (χ0v) is 13.6. The molecule has 0 radical (unpaired) electrons. The molecule has 1 aromatic carbocycles. The first-order valence-corrected chi connectivity index (χ1v) is 7.12. The Balaban J connectivity index is 2.82. The van der Waals surface area contributed by atoms with E-state index in [1.807, 2.05) is 32.8 Å². The number of amides is 1. The molecule has 0 saturated heterocycles. The highest BCUT2D eigenvalue weighted by Gasteiger charge is 2.21. The molecule has 20 heavy (non-hydrogen) atoms. The standard InChI is InChI=1S/C14H19BrF2N2O/c1-8(2)12(19(3)4)7-18-14(20)13-10(16)5-9(15)6-11(13)17/h5-6,8,12H,7H2,1-4H3,(H,18,20). The molecule has 0 aromatic heterocycles. The molecule has 0 heterocycles. The summed E-state index contributed by atoms with van der Waals surface area (Å²) in [6, 6.07) is 2.24. The van der Waals surface area contributed by atoms with Gasteiger partial charge in [0.25, 0.3) is 5.91 Å². The van der Waals surface area contributed by atoms with Crippen LogP contribution in [0, 0.1) is 17.6 Å². The third-order valence-corrected chi connectivity index (χ3v) is 3.60. The Hall–Kier alpha value is -1.01. The molecule has 1 aromatic rings. The number of hydrogen-bond acceptors (Lipinski definition) is 2. The second-order valence-electron chi connectivity index (χ2n) is 5.23. The number of hydrogen-bond donors (Lipinski definition) is 1. The molecule has 1 N–H and O–H groups in total. The SMILES string of the molecule is CC(C)C(CNC(=O)c1c(F)cc(Br)cc1F)N(C)C. The van der Waals surface area contributed by atoms with Gasteiger partial charge in [-0.05, 0) is 32.1 Å². The molecule has 0 saturated carbocycles. The van der Waals surface area contributed by atoms with Crippen LogP contribution in [-0.4, -0.2) is 37.5 Å². The Labute approximate surface area is 126 Å². The lowest BCUT2D eigenvalue weighted by Gasteiger charge is -2.28. The lowest BCUT2D eigenvalue weighted by atomic mass is 10.0. The minimum Gasteiger partial charge on any atom is -0.350 e. The Morgan fingerprint density at radius 3 is 2.20 bits per heavy atom. The van der Waals surface area contributed by atoms with Gasteiger partial charge in [0, 0.05) is 17.1 Å². The van der Waals surface area contributed by atoms with Gasteiger partial charge in [0.15, 0.2) is 0 Å². The molecular formula is C14H19BrF2N2O. The van der Waals surface area contributed by atoms with E-state index in [9.17, 15) is 13.6 Å². The number of nitrogens with one attached hydrogen (secondary N) is 1. The fourth-order valence-corrected chi connectivity index (χ4v) is 2.46. The predicted molar refractivity (Wildman–Crippen MR) is 78.7 cm³/mol. The number of halogens is 3. The van der Waals surface area contributed by atoms with E-state index >= 15 is 0 Å².